The van der Waals surface area contributed by atoms with Gasteiger partial charge in [-0.05, 0) is 67.7 Å². The molecule has 236 valence electrons. The van der Waals surface area contributed by atoms with Crippen LogP contribution in [0.3, 0.4) is 0 Å². The van der Waals surface area contributed by atoms with E-state index in [-0.39, 0.29) is 5.82 Å². The average Bonchev–Trinajstić information content (AvgIpc) is 3.70. The fraction of sp³-hybridized carbons (Fsp3) is 0.167. The van der Waals surface area contributed by atoms with Crippen molar-refractivity contribution in [3.63, 3.8) is 0 Å². The van der Waals surface area contributed by atoms with Gasteiger partial charge in [0.25, 0.3) is 0 Å². The average molecular weight is 630 g/mol. The van der Waals surface area contributed by atoms with Crippen LogP contribution in [0.15, 0.2) is 91.4 Å². The number of hydrogen-bond donors (Lipinski definition) is 4. The number of pyridine rings is 2. The van der Waals surface area contributed by atoms with E-state index in [1.165, 1.54) is 17.7 Å². The lowest BCUT2D eigenvalue weighted by atomic mass is 10.0. The van der Waals surface area contributed by atoms with Crippen molar-refractivity contribution in [2.75, 3.05) is 32.5 Å². The van der Waals surface area contributed by atoms with Crippen LogP contribution in [0.4, 0.5) is 14.5 Å². The first-order valence-electron chi connectivity index (χ1n) is 15.3. The van der Waals surface area contributed by atoms with E-state index in [9.17, 15) is 4.39 Å². The second-order valence-electron chi connectivity index (χ2n) is 11.7. The third-order valence-corrected chi connectivity index (χ3v) is 7.96. The molecule has 0 aliphatic rings. The predicted octanol–water partition coefficient (Wildman–Crippen LogP) is 6.77. The van der Waals surface area contributed by atoms with E-state index in [1.807, 2.05) is 49.3 Å². The van der Waals surface area contributed by atoms with Crippen molar-refractivity contribution in [3.05, 3.63) is 114 Å². The van der Waals surface area contributed by atoms with Gasteiger partial charge in [-0.2, -0.15) is 5.10 Å². The van der Waals surface area contributed by atoms with Gasteiger partial charge < -0.3 is 20.5 Å². The first kappa shape index (κ1) is 30.2. The molecule has 11 heteroatoms. The highest BCUT2D eigenvalue weighted by molar-refractivity contribution is 5.98. The van der Waals surface area contributed by atoms with E-state index >= 15 is 4.39 Å². The van der Waals surface area contributed by atoms with Crippen LogP contribution in [-0.4, -0.2) is 62.2 Å². The van der Waals surface area contributed by atoms with E-state index in [1.54, 1.807) is 36.8 Å². The van der Waals surface area contributed by atoms with Gasteiger partial charge in [0, 0.05) is 67.1 Å². The summed E-state index contributed by atoms with van der Waals surface area (Å²) < 4.78 is 31.1. The maximum absolute atomic E-state index is 16.4. The van der Waals surface area contributed by atoms with Gasteiger partial charge in [0.15, 0.2) is 5.82 Å². The Kier molecular flexibility index (Phi) is 8.38. The molecule has 7 aromatic rings. The number of aromatic nitrogens is 6. The highest BCUT2D eigenvalue weighted by Crippen LogP contribution is 2.35. The highest BCUT2D eigenvalue weighted by Gasteiger charge is 2.21. The van der Waals surface area contributed by atoms with Crippen LogP contribution in [0.5, 0.6) is 0 Å². The second-order valence-corrected chi connectivity index (χ2v) is 11.7. The summed E-state index contributed by atoms with van der Waals surface area (Å²) in [4.78, 5) is 19.1. The molecule has 0 atom stereocenters. The smallest absolute Gasteiger partial charge is 0.159 e. The Morgan fingerprint density at radius 3 is 2.53 bits per heavy atom. The zero-order valence-electron chi connectivity index (χ0n) is 26.0. The van der Waals surface area contributed by atoms with Gasteiger partial charge in [-0.15, -0.1) is 0 Å². The summed E-state index contributed by atoms with van der Waals surface area (Å²) in [5, 5.41) is 14.4. The molecule has 9 nitrogen and oxygen atoms in total. The standard InChI is InChI=1S/C36H33F2N9/c1-47(2)13-12-41-27-16-24(15-26(37)17-27)33-34-30(10-11-42-33)43-36(44-34)35-31-29(45-46-35)9-8-28(32(31)38)25-14-23(20-40-21-25)19-39-18-22-6-4-3-5-7-22/h3-11,14-17,20-21,39,41H,12-13,18-19H2,1-2H3,(H,43,44)(H,45,46). The van der Waals surface area contributed by atoms with Gasteiger partial charge in [0.05, 0.1) is 22.1 Å². The van der Waals surface area contributed by atoms with Crippen molar-refractivity contribution >= 4 is 27.6 Å². The van der Waals surface area contributed by atoms with Crippen molar-refractivity contribution in [3.8, 4) is 33.9 Å². The first-order chi connectivity index (χ1) is 22.9. The maximum atomic E-state index is 16.4. The molecule has 0 aliphatic carbocycles. The first-order valence-corrected chi connectivity index (χ1v) is 15.3. The van der Waals surface area contributed by atoms with Crippen LogP contribution < -0.4 is 10.6 Å². The van der Waals surface area contributed by atoms with Crippen LogP contribution >= 0.6 is 0 Å². The van der Waals surface area contributed by atoms with Gasteiger partial charge in [0.2, 0.25) is 0 Å². The second kappa shape index (κ2) is 13.1. The SMILES string of the molecule is CN(C)CCNc1cc(F)cc(-c2nccc3[nH]c(-c4n[nH]c5ccc(-c6cncc(CNCc7ccccc7)c6)c(F)c45)nc23)c1. The topological polar surface area (TPSA) is 110 Å². The molecule has 4 N–H and O–H groups in total. The number of likely N-dealkylation sites (N-methyl/N-ethyl adjacent to an activating group) is 1. The molecule has 0 fully saturated rings. The van der Waals surface area contributed by atoms with Crippen molar-refractivity contribution in [2.24, 2.45) is 0 Å². The van der Waals surface area contributed by atoms with Crippen molar-refractivity contribution < 1.29 is 8.78 Å². The number of halogens is 2. The van der Waals surface area contributed by atoms with Crippen molar-refractivity contribution in [1.82, 2.24) is 40.3 Å². The molecule has 0 spiro atoms. The fourth-order valence-corrected chi connectivity index (χ4v) is 5.66. The van der Waals surface area contributed by atoms with Gasteiger partial charge in [-0.3, -0.25) is 15.1 Å². The number of H-pyrrole nitrogens is 2. The lowest BCUT2D eigenvalue weighted by Gasteiger charge is -2.12. The van der Waals surface area contributed by atoms with Crippen LogP contribution in [0.1, 0.15) is 11.1 Å². The largest absolute Gasteiger partial charge is 0.384 e. The Labute approximate surface area is 270 Å². The van der Waals surface area contributed by atoms with Crippen LogP contribution in [0.25, 0.3) is 55.8 Å². The third-order valence-electron chi connectivity index (χ3n) is 7.96. The monoisotopic (exact) mass is 629 g/mol. The highest BCUT2D eigenvalue weighted by atomic mass is 19.1. The molecule has 7 rings (SSSR count). The Hall–Kier alpha value is -5.52. The van der Waals surface area contributed by atoms with Crippen LogP contribution in [-0.2, 0) is 13.1 Å². The van der Waals surface area contributed by atoms with Gasteiger partial charge in [-0.1, -0.05) is 30.3 Å². The molecule has 0 aliphatic heterocycles. The van der Waals surface area contributed by atoms with E-state index in [4.69, 9.17) is 4.98 Å². The number of fused-ring (bicyclic) bond motifs is 2. The summed E-state index contributed by atoms with van der Waals surface area (Å²) in [6, 6.07) is 22.1. The molecule has 3 aromatic carbocycles. The summed E-state index contributed by atoms with van der Waals surface area (Å²) >= 11 is 0. The molecule has 0 radical (unpaired) electrons. The number of rotatable bonds is 11. The number of benzene rings is 3. The summed E-state index contributed by atoms with van der Waals surface area (Å²) in [7, 11) is 3.96. The van der Waals surface area contributed by atoms with Crippen LogP contribution in [0.2, 0.25) is 0 Å². The van der Waals surface area contributed by atoms with Crippen molar-refractivity contribution in [2.45, 2.75) is 13.1 Å². The molecular weight excluding hydrogens is 596 g/mol. The molecule has 0 saturated heterocycles. The summed E-state index contributed by atoms with van der Waals surface area (Å²) in [6.45, 7) is 2.76. The van der Waals surface area contributed by atoms with Crippen LogP contribution in [0, 0.1) is 11.6 Å². The zero-order valence-corrected chi connectivity index (χ0v) is 26.0. The van der Waals surface area contributed by atoms with Gasteiger partial charge >= 0.3 is 0 Å². The molecule has 0 saturated carbocycles. The molecule has 4 aromatic heterocycles. The van der Waals surface area contributed by atoms with Gasteiger partial charge in [-0.25, -0.2) is 13.8 Å². The number of anilines is 1. The quantitative estimate of drug-likeness (QED) is 0.125. The number of nitrogens with zero attached hydrogens (tertiary/aromatic N) is 5. The minimum Gasteiger partial charge on any atom is -0.384 e. The fourth-order valence-electron chi connectivity index (χ4n) is 5.66. The van der Waals surface area contributed by atoms with E-state index in [0.29, 0.717) is 81.2 Å². The Bertz CT molecular complexity index is 2170. The third kappa shape index (κ3) is 6.44. The molecule has 0 bridgehead atoms. The van der Waals surface area contributed by atoms with Gasteiger partial charge in [0.1, 0.15) is 22.8 Å². The summed E-state index contributed by atoms with van der Waals surface area (Å²) in [5.74, 6) is -0.447. The zero-order chi connectivity index (χ0) is 32.3. The molecule has 4 heterocycles. The summed E-state index contributed by atoms with van der Waals surface area (Å²) in [6.07, 6.45) is 5.08. The molecular formula is C36H33F2N9. The Morgan fingerprint density at radius 1 is 0.830 bits per heavy atom. The lowest BCUT2D eigenvalue weighted by Crippen LogP contribution is -2.20. The van der Waals surface area contributed by atoms with E-state index in [2.05, 4.69) is 47.9 Å². The minimum atomic E-state index is -0.431. The number of nitrogens with one attached hydrogen (secondary N) is 4. The number of aromatic amines is 2. The maximum Gasteiger partial charge on any atom is 0.159 e. The summed E-state index contributed by atoms with van der Waals surface area (Å²) in [5.41, 5.74) is 6.99. The molecule has 0 unspecified atom stereocenters. The minimum absolute atomic E-state index is 0.307. The number of imidazole rings is 1. The molecule has 0 amide bonds. The normalized spacial score (nSPS) is 11.6. The lowest BCUT2D eigenvalue weighted by molar-refractivity contribution is 0.425. The number of hydrogen-bond acceptors (Lipinski definition) is 7. The Balaban J connectivity index is 1.20. The Morgan fingerprint density at radius 2 is 1.68 bits per heavy atom. The predicted molar refractivity (Wildman–Crippen MR) is 182 cm³/mol. The molecule has 47 heavy (non-hydrogen) atoms. The van der Waals surface area contributed by atoms with E-state index < -0.39 is 5.82 Å². The van der Waals surface area contributed by atoms with E-state index in [0.717, 1.165) is 12.1 Å². The van der Waals surface area contributed by atoms with Crippen molar-refractivity contribution in [1.29, 1.82) is 0 Å².